The van der Waals surface area contributed by atoms with Gasteiger partial charge in [-0.3, -0.25) is 0 Å². The SMILES string of the molecule is COc1ccc(Sc2ccc(F)cc2C2CCNCC2)cc1.Fc1ccc(Sc2ccc(Cl)cc2)c(C2CCNCC2)c1. The maximum absolute atomic E-state index is 13.7. The van der Waals surface area contributed by atoms with Crippen LogP contribution in [-0.4, -0.2) is 33.3 Å². The highest BCUT2D eigenvalue weighted by Crippen LogP contribution is 2.39. The maximum Gasteiger partial charge on any atom is 0.123 e. The second-order valence-corrected chi connectivity index (χ2v) is 13.4. The number of hydrogen-bond donors (Lipinski definition) is 2. The summed E-state index contributed by atoms with van der Waals surface area (Å²) in [6.07, 6.45) is 4.27. The molecule has 0 aromatic heterocycles. The Hall–Kier alpha value is -2.55. The number of benzene rings is 4. The molecule has 226 valence electrons. The largest absolute Gasteiger partial charge is 0.497 e. The van der Waals surface area contributed by atoms with E-state index in [4.69, 9.17) is 16.3 Å². The van der Waals surface area contributed by atoms with Gasteiger partial charge in [0.15, 0.2) is 0 Å². The summed E-state index contributed by atoms with van der Waals surface area (Å²) < 4.78 is 32.5. The van der Waals surface area contributed by atoms with Crippen molar-refractivity contribution < 1.29 is 13.5 Å². The molecule has 2 fully saturated rings. The van der Waals surface area contributed by atoms with E-state index < -0.39 is 0 Å². The molecule has 0 spiro atoms. The molecule has 2 aliphatic rings. The van der Waals surface area contributed by atoms with Gasteiger partial charge in [-0.1, -0.05) is 35.1 Å². The molecule has 0 amide bonds. The fraction of sp³-hybridized carbons (Fsp3) is 0.314. The van der Waals surface area contributed by atoms with E-state index in [1.54, 1.807) is 54.9 Å². The monoisotopic (exact) mass is 638 g/mol. The zero-order valence-electron chi connectivity index (χ0n) is 24.3. The van der Waals surface area contributed by atoms with Gasteiger partial charge in [0.2, 0.25) is 0 Å². The van der Waals surface area contributed by atoms with Gasteiger partial charge in [0.25, 0.3) is 0 Å². The lowest BCUT2D eigenvalue weighted by Crippen LogP contribution is -2.26. The smallest absolute Gasteiger partial charge is 0.123 e. The van der Waals surface area contributed by atoms with E-state index in [0.29, 0.717) is 11.8 Å². The van der Waals surface area contributed by atoms with Crippen LogP contribution >= 0.6 is 35.1 Å². The average Bonchev–Trinajstić information content (AvgIpc) is 3.05. The fourth-order valence-electron chi connectivity index (χ4n) is 5.53. The molecular formula is C35H37ClF2N2OS2. The minimum absolute atomic E-state index is 0.146. The molecule has 4 aromatic carbocycles. The Balaban J connectivity index is 0.000000171. The van der Waals surface area contributed by atoms with E-state index in [1.807, 2.05) is 60.7 Å². The van der Waals surface area contributed by atoms with Gasteiger partial charge < -0.3 is 15.4 Å². The zero-order valence-corrected chi connectivity index (χ0v) is 26.6. The Kier molecular flexibility index (Phi) is 11.8. The van der Waals surface area contributed by atoms with E-state index in [1.165, 1.54) is 0 Å². The molecule has 0 unspecified atom stereocenters. The van der Waals surface area contributed by atoms with Gasteiger partial charge in [0, 0.05) is 24.6 Å². The van der Waals surface area contributed by atoms with Gasteiger partial charge in [-0.25, -0.2) is 8.78 Å². The minimum Gasteiger partial charge on any atom is -0.497 e. The second kappa shape index (κ2) is 16.0. The van der Waals surface area contributed by atoms with Gasteiger partial charge in [-0.2, -0.15) is 0 Å². The van der Waals surface area contributed by atoms with Crippen LogP contribution < -0.4 is 15.4 Å². The molecule has 2 N–H and O–H groups in total. The number of nitrogens with one attached hydrogen (secondary N) is 2. The first kappa shape index (κ1) is 31.9. The topological polar surface area (TPSA) is 33.3 Å². The maximum atomic E-state index is 13.7. The summed E-state index contributed by atoms with van der Waals surface area (Å²) in [5.41, 5.74) is 2.28. The van der Waals surface area contributed by atoms with Crippen LogP contribution in [0.3, 0.4) is 0 Å². The lowest BCUT2D eigenvalue weighted by molar-refractivity contribution is 0.414. The lowest BCUT2D eigenvalue weighted by Gasteiger charge is -2.25. The summed E-state index contributed by atoms with van der Waals surface area (Å²) in [6.45, 7) is 4.03. The third-order valence-electron chi connectivity index (χ3n) is 7.83. The predicted octanol–water partition coefficient (Wildman–Crippen LogP) is 9.55. The zero-order chi connectivity index (χ0) is 30.0. The highest BCUT2D eigenvalue weighted by atomic mass is 35.5. The van der Waals surface area contributed by atoms with E-state index >= 15 is 0 Å². The normalized spacial score (nSPS) is 15.9. The number of rotatable bonds is 7. The van der Waals surface area contributed by atoms with Crippen LogP contribution in [0.5, 0.6) is 5.75 Å². The van der Waals surface area contributed by atoms with Crippen molar-refractivity contribution in [3.63, 3.8) is 0 Å². The van der Waals surface area contributed by atoms with Crippen molar-refractivity contribution in [1.29, 1.82) is 0 Å². The number of piperidine rings is 2. The van der Waals surface area contributed by atoms with E-state index in [-0.39, 0.29) is 11.6 Å². The van der Waals surface area contributed by atoms with Crippen LogP contribution in [0.4, 0.5) is 8.78 Å². The summed E-state index contributed by atoms with van der Waals surface area (Å²) >= 11 is 9.30. The first-order valence-electron chi connectivity index (χ1n) is 14.7. The van der Waals surface area contributed by atoms with Crippen molar-refractivity contribution in [2.75, 3.05) is 33.3 Å². The van der Waals surface area contributed by atoms with Crippen LogP contribution in [0.2, 0.25) is 5.02 Å². The first-order valence-corrected chi connectivity index (χ1v) is 16.8. The number of methoxy groups -OCH3 is 1. The van der Waals surface area contributed by atoms with Gasteiger partial charge in [-0.05, 0) is 160 Å². The molecule has 2 heterocycles. The van der Waals surface area contributed by atoms with Crippen molar-refractivity contribution in [3.05, 3.63) is 113 Å². The molecule has 43 heavy (non-hydrogen) atoms. The summed E-state index contributed by atoms with van der Waals surface area (Å²) in [5, 5.41) is 7.46. The van der Waals surface area contributed by atoms with Crippen LogP contribution in [-0.2, 0) is 0 Å². The fourth-order valence-corrected chi connectivity index (χ4v) is 7.67. The molecule has 2 saturated heterocycles. The molecule has 4 aromatic rings. The van der Waals surface area contributed by atoms with Gasteiger partial charge in [-0.15, -0.1) is 0 Å². The summed E-state index contributed by atoms with van der Waals surface area (Å²) in [4.78, 5) is 4.56. The Labute approximate surface area is 267 Å². The van der Waals surface area contributed by atoms with Crippen molar-refractivity contribution >= 4 is 35.1 Å². The minimum atomic E-state index is -0.149. The van der Waals surface area contributed by atoms with Crippen molar-refractivity contribution in [2.45, 2.75) is 57.1 Å². The lowest BCUT2D eigenvalue weighted by atomic mass is 9.90. The quantitative estimate of drug-likeness (QED) is 0.211. The Morgan fingerprint density at radius 3 is 1.47 bits per heavy atom. The molecule has 0 saturated carbocycles. The molecular weight excluding hydrogens is 602 g/mol. The number of halogens is 3. The van der Waals surface area contributed by atoms with E-state index in [2.05, 4.69) is 10.6 Å². The molecule has 8 heteroatoms. The van der Waals surface area contributed by atoms with Crippen LogP contribution in [0.25, 0.3) is 0 Å². The number of ether oxygens (including phenoxy) is 1. The Morgan fingerprint density at radius 1 is 0.628 bits per heavy atom. The predicted molar refractivity (Wildman–Crippen MR) is 175 cm³/mol. The molecule has 0 radical (unpaired) electrons. The molecule has 0 bridgehead atoms. The molecule has 0 atom stereocenters. The summed E-state index contributed by atoms with van der Waals surface area (Å²) in [6, 6.07) is 26.1. The molecule has 3 nitrogen and oxygen atoms in total. The average molecular weight is 639 g/mol. The second-order valence-electron chi connectivity index (χ2n) is 10.7. The Bertz CT molecular complexity index is 1460. The van der Waals surface area contributed by atoms with Crippen molar-refractivity contribution in [2.24, 2.45) is 0 Å². The van der Waals surface area contributed by atoms with Gasteiger partial charge in [0.1, 0.15) is 17.4 Å². The molecule has 2 aliphatic heterocycles. The highest BCUT2D eigenvalue weighted by molar-refractivity contribution is 7.99. The molecule has 6 rings (SSSR count). The van der Waals surface area contributed by atoms with Crippen molar-refractivity contribution in [3.8, 4) is 5.75 Å². The van der Waals surface area contributed by atoms with Crippen molar-refractivity contribution in [1.82, 2.24) is 10.6 Å². The highest BCUT2D eigenvalue weighted by Gasteiger charge is 2.21. The molecule has 0 aliphatic carbocycles. The third kappa shape index (κ3) is 9.22. The van der Waals surface area contributed by atoms with E-state index in [0.717, 1.165) is 93.3 Å². The number of hydrogen-bond acceptors (Lipinski definition) is 5. The standard InChI is InChI=1S/C18H20FNOS.C17H17ClFNS/c1-21-15-3-5-16(6-4-15)22-18-7-2-14(19)12-17(18)13-8-10-20-11-9-13;18-13-1-4-15(5-2-13)21-17-6-3-14(19)11-16(17)12-7-9-20-10-8-12/h2-7,12-13,20H,8-11H2,1H3;1-6,11-12,20H,7-10H2. The van der Waals surface area contributed by atoms with Crippen LogP contribution in [0.1, 0.15) is 48.6 Å². The Morgan fingerprint density at radius 2 is 1.05 bits per heavy atom. The summed E-state index contributed by atoms with van der Waals surface area (Å²) in [5.74, 6) is 1.44. The third-order valence-corrected chi connectivity index (χ3v) is 10.3. The van der Waals surface area contributed by atoms with Crippen LogP contribution in [0.15, 0.2) is 105 Å². The van der Waals surface area contributed by atoms with Gasteiger partial charge >= 0.3 is 0 Å². The summed E-state index contributed by atoms with van der Waals surface area (Å²) in [7, 11) is 1.66. The van der Waals surface area contributed by atoms with Gasteiger partial charge in [0.05, 0.1) is 7.11 Å². The first-order chi connectivity index (χ1) is 21.0. The van der Waals surface area contributed by atoms with Crippen LogP contribution in [0, 0.1) is 11.6 Å². The van der Waals surface area contributed by atoms with E-state index in [9.17, 15) is 8.78 Å².